The molecule has 0 unspecified atom stereocenters. The maximum absolute atomic E-state index is 14.2. The van der Waals surface area contributed by atoms with Crippen LogP contribution in [0.2, 0.25) is 0 Å². The Bertz CT molecular complexity index is 1240. The Morgan fingerprint density at radius 1 is 1.09 bits per heavy atom. The first-order valence-corrected chi connectivity index (χ1v) is 11.4. The van der Waals surface area contributed by atoms with Crippen molar-refractivity contribution in [1.82, 2.24) is 4.90 Å². The van der Waals surface area contributed by atoms with Crippen LogP contribution in [-0.4, -0.2) is 41.1 Å². The van der Waals surface area contributed by atoms with Crippen LogP contribution in [-0.2, 0) is 35.4 Å². The molecule has 1 N–H and O–H groups in total. The number of hydrogen-bond acceptors (Lipinski definition) is 4. The van der Waals surface area contributed by atoms with Crippen molar-refractivity contribution in [3.63, 3.8) is 0 Å². The van der Waals surface area contributed by atoms with Gasteiger partial charge in [0.25, 0.3) is 0 Å². The van der Waals surface area contributed by atoms with E-state index in [9.17, 15) is 19.1 Å². The molecule has 0 aliphatic carbocycles. The fourth-order valence-electron chi connectivity index (χ4n) is 4.55. The molecule has 7 heteroatoms. The van der Waals surface area contributed by atoms with Crippen LogP contribution in [0.5, 0.6) is 11.5 Å². The Labute approximate surface area is 203 Å². The smallest absolute Gasteiger partial charge is 0.323 e. The third-order valence-corrected chi connectivity index (χ3v) is 6.16. The van der Waals surface area contributed by atoms with Gasteiger partial charge in [0.05, 0.1) is 13.5 Å². The summed E-state index contributed by atoms with van der Waals surface area (Å²) in [5.74, 6) is -0.324. The van der Waals surface area contributed by atoms with Crippen LogP contribution < -0.4 is 9.47 Å². The molecule has 0 bridgehead atoms. The number of hydrogen-bond donors (Lipinski definition) is 1. The van der Waals surface area contributed by atoms with Gasteiger partial charge in [-0.25, -0.2) is 4.39 Å². The van der Waals surface area contributed by atoms with Gasteiger partial charge in [-0.2, -0.15) is 0 Å². The summed E-state index contributed by atoms with van der Waals surface area (Å²) in [6, 6.07) is 19.5. The average molecular weight is 478 g/mol. The summed E-state index contributed by atoms with van der Waals surface area (Å²) in [7, 11) is 1.54. The van der Waals surface area contributed by atoms with E-state index in [0.717, 1.165) is 22.4 Å². The van der Waals surface area contributed by atoms with E-state index in [2.05, 4.69) is 0 Å². The first-order valence-electron chi connectivity index (χ1n) is 11.4. The standard InChI is InChI=1S/C28H28FNO5/c1-28(15-20-7-3-5-9-23(20)29)16-22-13-19(11-12-25(22)35-28)14-26(31)30(18-27(32)33)17-21-8-4-6-10-24(21)34-2/h3-13H,14-18H2,1-2H3,(H,32,33)/t28-/m0/s1. The van der Waals surface area contributed by atoms with E-state index in [-0.39, 0.29) is 24.7 Å². The summed E-state index contributed by atoms with van der Waals surface area (Å²) in [4.78, 5) is 25.9. The fourth-order valence-corrected chi connectivity index (χ4v) is 4.55. The summed E-state index contributed by atoms with van der Waals surface area (Å²) < 4.78 is 25.7. The lowest BCUT2D eigenvalue weighted by molar-refractivity contribution is -0.144. The van der Waals surface area contributed by atoms with E-state index >= 15 is 0 Å². The lowest BCUT2D eigenvalue weighted by atomic mass is 9.91. The molecule has 1 amide bonds. The number of benzene rings is 3. The Morgan fingerprint density at radius 3 is 2.51 bits per heavy atom. The van der Waals surface area contributed by atoms with Crippen molar-refractivity contribution >= 4 is 11.9 Å². The number of rotatable bonds is 9. The van der Waals surface area contributed by atoms with Crippen LogP contribution in [0, 0.1) is 5.82 Å². The van der Waals surface area contributed by atoms with Crippen LogP contribution in [0.1, 0.15) is 29.2 Å². The fraction of sp³-hybridized carbons (Fsp3) is 0.286. The van der Waals surface area contributed by atoms with Crippen molar-refractivity contribution in [2.45, 2.75) is 38.3 Å². The molecule has 4 rings (SSSR count). The first-order chi connectivity index (χ1) is 16.8. The molecule has 1 atom stereocenters. The molecule has 0 saturated carbocycles. The highest BCUT2D eigenvalue weighted by atomic mass is 19.1. The number of halogens is 1. The molecule has 35 heavy (non-hydrogen) atoms. The molecule has 0 aromatic heterocycles. The van der Waals surface area contributed by atoms with Gasteiger partial charge in [-0.05, 0) is 41.8 Å². The topological polar surface area (TPSA) is 76.1 Å². The molecule has 6 nitrogen and oxygen atoms in total. The number of methoxy groups -OCH3 is 1. The third-order valence-electron chi connectivity index (χ3n) is 6.16. The molecule has 182 valence electrons. The minimum Gasteiger partial charge on any atom is -0.496 e. The number of ether oxygens (including phenoxy) is 2. The Morgan fingerprint density at radius 2 is 1.80 bits per heavy atom. The number of carboxylic acid groups (broad SMARTS) is 1. The zero-order valence-corrected chi connectivity index (χ0v) is 19.8. The second kappa shape index (κ2) is 10.2. The van der Waals surface area contributed by atoms with Crippen molar-refractivity contribution in [2.24, 2.45) is 0 Å². The van der Waals surface area contributed by atoms with Crippen molar-refractivity contribution in [1.29, 1.82) is 0 Å². The van der Waals surface area contributed by atoms with E-state index in [1.54, 1.807) is 18.2 Å². The zero-order chi connectivity index (χ0) is 25.0. The number of carbonyl (C=O) groups excluding carboxylic acids is 1. The van der Waals surface area contributed by atoms with Gasteiger partial charge in [0.1, 0.15) is 29.5 Å². The van der Waals surface area contributed by atoms with Gasteiger partial charge in [-0.1, -0.05) is 48.5 Å². The molecule has 1 aliphatic rings. The highest BCUT2D eigenvalue weighted by Gasteiger charge is 2.36. The Hall–Kier alpha value is -3.87. The number of nitrogens with zero attached hydrogens (tertiary/aromatic N) is 1. The largest absolute Gasteiger partial charge is 0.496 e. The Balaban J connectivity index is 1.48. The van der Waals surface area contributed by atoms with Crippen molar-refractivity contribution in [2.75, 3.05) is 13.7 Å². The molecule has 3 aromatic rings. The summed E-state index contributed by atoms with van der Waals surface area (Å²) in [5.41, 5.74) is 2.45. The normalized spacial score (nSPS) is 16.3. The van der Waals surface area contributed by atoms with Gasteiger partial charge < -0.3 is 19.5 Å². The van der Waals surface area contributed by atoms with Gasteiger partial charge in [0.15, 0.2) is 0 Å². The van der Waals surface area contributed by atoms with Gasteiger partial charge >= 0.3 is 5.97 Å². The Kier molecular flexibility index (Phi) is 7.05. The number of para-hydroxylation sites is 1. The predicted octanol–water partition coefficient (Wildman–Crippen LogP) is 4.43. The van der Waals surface area contributed by atoms with Crippen molar-refractivity contribution in [3.8, 4) is 11.5 Å². The summed E-state index contributed by atoms with van der Waals surface area (Å²) in [6.45, 7) is 1.67. The summed E-state index contributed by atoms with van der Waals surface area (Å²) in [5, 5.41) is 9.36. The highest BCUT2D eigenvalue weighted by Crippen LogP contribution is 2.38. The van der Waals surface area contributed by atoms with E-state index in [1.807, 2.05) is 49.4 Å². The molecule has 1 heterocycles. The molecule has 0 fully saturated rings. The van der Waals surface area contributed by atoms with Gasteiger partial charge in [-0.15, -0.1) is 0 Å². The van der Waals surface area contributed by atoms with Crippen LogP contribution in [0.4, 0.5) is 4.39 Å². The maximum Gasteiger partial charge on any atom is 0.323 e. The molecule has 0 saturated heterocycles. The highest BCUT2D eigenvalue weighted by molar-refractivity contribution is 5.83. The van der Waals surface area contributed by atoms with Gasteiger partial charge in [-0.3, -0.25) is 9.59 Å². The number of carboxylic acids is 1. The quantitative estimate of drug-likeness (QED) is 0.494. The van der Waals surface area contributed by atoms with Crippen LogP contribution in [0.3, 0.4) is 0 Å². The van der Waals surface area contributed by atoms with Crippen molar-refractivity contribution in [3.05, 3.63) is 94.8 Å². The first kappa shape index (κ1) is 24.3. The molecule has 0 radical (unpaired) electrons. The van der Waals surface area contributed by atoms with Crippen LogP contribution >= 0.6 is 0 Å². The number of amides is 1. The predicted molar refractivity (Wildman–Crippen MR) is 129 cm³/mol. The SMILES string of the molecule is COc1ccccc1CN(CC(=O)O)C(=O)Cc1ccc2c(c1)C[C@](C)(Cc1ccccc1F)O2. The maximum atomic E-state index is 14.2. The number of aliphatic carboxylic acids is 1. The summed E-state index contributed by atoms with van der Waals surface area (Å²) in [6.07, 6.45) is 1.06. The second-order valence-corrected chi connectivity index (χ2v) is 9.07. The molecule has 1 aliphatic heterocycles. The van der Waals surface area contributed by atoms with Crippen molar-refractivity contribution < 1.29 is 28.6 Å². The van der Waals surface area contributed by atoms with E-state index < -0.39 is 18.1 Å². The van der Waals surface area contributed by atoms with E-state index in [0.29, 0.717) is 24.2 Å². The minimum atomic E-state index is -1.08. The number of carbonyl (C=O) groups is 2. The average Bonchev–Trinajstić information content (AvgIpc) is 3.15. The number of fused-ring (bicyclic) bond motifs is 1. The van der Waals surface area contributed by atoms with E-state index in [1.165, 1.54) is 18.1 Å². The van der Waals surface area contributed by atoms with Gasteiger partial charge in [0, 0.05) is 24.9 Å². The molecular formula is C28H28FNO5. The van der Waals surface area contributed by atoms with Crippen LogP contribution in [0.25, 0.3) is 0 Å². The molecule has 0 spiro atoms. The summed E-state index contributed by atoms with van der Waals surface area (Å²) >= 11 is 0. The second-order valence-electron chi connectivity index (χ2n) is 9.07. The van der Waals surface area contributed by atoms with Crippen LogP contribution in [0.15, 0.2) is 66.7 Å². The lowest BCUT2D eigenvalue weighted by Gasteiger charge is -2.24. The molecule has 3 aromatic carbocycles. The van der Waals surface area contributed by atoms with Gasteiger partial charge in [0.2, 0.25) is 5.91 Å². The van der Waals surface area contributed by atoms with E-state index in [4.69, 9.17) is 9.47 Å². The minimum absolute atomic E-state index is 0.0553. The zero-order valence-electron chi connectivity index (χ0n) is 19.8. The third kappa shape index (κ3) is 5.80. The monoisotopic (exact) mass is 477 g/mol. The molecular weight excluding hydrogens is 449 g/mol. The lowest BCUT2D eigenvalue weighted by Crippen LogP contribution is -2.36.